The lowest BCUT2D eigenvalue weighted by molar-refractivity contribution is 0.726. The molecule has 0 aliphatic carbocycles. The first-order valence-corrected chi connectivity index (χ1v) is 3.89. The normalized spacial score (nSPS) is 10.6. The lowest BCUT2D eigenvalue weighted by atomic mass is 10.3. The van der Waals surface area contributed by atoms with Crippen LogP contribution in [0.5, 0.6) is 0 Å². The lowest BCUT2D eigenvalue weighted by Crippen LogP contribution is -2.05. The molecule has 0 spiro atoms. The molecule has 6 heteroatoms. The molecule has 0 aliphatic heterocycles. The third-order valence-corrected chi connectivity index (χ3v) is 1.86. The molecule has 0 aromatic carbocycles. The Morgan fingerprint density at radius 1 is 1.38 bits per heavy atom. The van der Waals surface area contributed by atoms with Gasteiger partial charge in [-0.25, -0.2) is 0 Å². The molecule has 13 heavy (non-hydrogen) atoms. The van der Waals surface area contributed by atoms with Crippen LogP contribution in [0.15, 0.2) is 18.9 Å². The predicted molar refractivity (Wildman–Crippen MR) is 46.0 cm³/mol. The number of nitrogens with zero attached hydrogens (tertiary/aromatic N) is 5. The summed E-state index contributed by atoms with van der Waals surface area (Å²) in [6, 6.07) is 0. The summed E-state index contributed by atoms with van der Waals surface area (Å²) in [5.74, 6) is 0.910. The summed E-state index contributed by atoms with van der Waals surface area (Å²) < 4.78 is 3.53. The summed E-state index contributed by atoms with van der Waals surface area (Å²) in [5.41, 5.74) is 6.54. The summed E-state index contributed by atoms with van der Waals surface area (Å²) in [6.07, 6.45) is 4.99. The van der Waals surface area contributed by atoms with Gasteiger partial charge in [0.25, 0.3) is 0 Å². The standard InChI is InChI=1S/C7H10N6/c1-12-7(6(2-8)3-11-12)13-4-9-10-5-13/h3-5H,2,8H2,1H3. The quantitative estimate of drug-likeness (QED) is 0.670. The molecule has 0 saturated heterocycles. The predicted octanol–water partition coefficient (Wildman–Crippen LogP) is -0.540. The van der Waals surface area contributed by atoms with E-state index in [0.717, 1.165) is 11.4 Å². The van der Waals surface area contributed by atoms with Gasteiger partial charge in [-0.15, -0.1) is 10.2 Å². The van der Waals surface area contributed by atoms with Gasteiger partial charge in [0.05, 0.1) is 6.20 Å². The summed E-state index contributed by atoms with van der Waals surface area (Å²) in [4.78, 5) is 0. The Bertz CT molecular complexity index is 387. The molecule has 0 fully saturated rings. The molecule has 0 bridgehead atoms. The molecular weight excluding hydrogens is 168 g/mol. The van der Waals surface area contributed by atoms with Crippen molar-refractivity contribution in [3.8, 4) is 5.82 Å². The van der Waals surface area contributed by atoms with E-state index in [0.29, 0.717) is 6.54 Å². The fraction of sp³-hybridized carbons (Fsp3) is 0.286. The van der Waals surface area contributed by atoms with E-state index in [-0.39, 0.29) is 0 Å². The SMILES string of the molecule is Cn1ncc(CN)c1-n1cnnc1. The van der Waals surface area contributed by atoms with Crippen LogP contribution in [0, 0.1) is 0 Å². The maximum atomic E-state index is 5.56. The highest BCUT2D eigenvalue weighted by Gasteiger charge is 2.08. The largest absolute Gasteiger partial charge is 0.326 e. The molecule has 2 aromatic rings. The van der Waals surface area contributed by atoms with Crippen molar-refractivity contribution < 1.29 is 0 Å². The highest BCUT2D eigenvalue weighted by Crippen LogP contribution is 2.10. The minimum atomic E-state index is 0.460. The molecule has 2 aromatic heterocycles. The van der Waals surface area contributed by atoms with Crippen LogP contribution in [0.4, 0.5) is 0 Å². The Balaban J connectivity index is 2.55. The molecule has 6 nitrogen and oxygen atoms in total. The minimum absolute atomic E-state index is 0.460. The van der Waals surface area contributed by atoms with Gasteiger partial charge in [0.15, 0.2) is 0 Å². The van der Waals surface area contributed by atoms with Crippen LogP contribution in [0.2, 0.25) is 0 Å². The van der Waals surface area contributed by atoms with E-state index in [1.54, 1.807) is 28.1 Å². The smallest absolute Gasteiger partial charge is 0.141 e. The zero-order valence-corrected chi connectivity index (χ0v) is 7.25. The van der Waals surface area contributed by atoms with Crippen molar-refractivity contribution in [2.75, 3.05) is 0 Å². The van der Waals surface area contributed by atoms with Gasteiger partial charge in [-0.1, -0.05) is 0 Å². The summed E-state index contributed by atoms with van der Waals surface area (Å²) in [6.45, 7) is 0.460. The maximum Gasteiger partial charge on any atom is 0.141 e. The molecule has 2 rings (SSSR count). The Labute approximate surface area is 75.0 Å². The Hall–Kier alpha value is -1.69. The topological polar surface area (TPSA) is 74.6 Å². The average Bonchev–Trinajstić information content (AvgIpc) is 2.72. The van der Waals surface area contributed by atoms with E-state index < -0.39 is 0 Å². The lowest BCUT2D eigenvalue weighted by Gasteiger charge is -2.03. The van der Waals surface area contributed by atoms with Crippen molar-refractivity contribution in [3.63, 3.8) is 0 Å². The van der Waals surface area contributed by atoms with Crippen molar-refractivity contribution >= 4 is 0 Å². The molecule has 0 aliphatic rings. The summed E-state index contributed by atoms with van der Waals surface area (Å²) in [7, 11) is 1.86. The van der Waals surface area contributed by atoms with E-state index in [4.69, 9.17) is 5.73 Å². The third-order valence-electron chi connectivity index (χ3n) is 1.86. The number of rotatable bonds is 2. The van der Waals surface area contributed by atoms with Gasteiger partial charge in [0.2, 0.25) is 0 Å². The van der Waals surface area contributed by atoms with Crippen LogP contribution in [0.3, 0.4) is 0 Å². The van der Waals surface area contributed by atoms with Crippen LogP contribution in [0.25, 0.3) is 5.82 Å². The van der Waals surface area contributed by atoms with Crippen LogP contribution in [-0.2, 0) is 13.6 Å². The van der Waals surface area contributed by atoms with Gasteiger partial charge < -0.3 is 5.73 Å². The molecule has 2 N–H and O–H groups in total. The Morgan fingerprint density at radius 3 is 2.69 bits per heavy atom. The first-order valence-electron chi connectivity index (χ1n) is 3.89. The van der Waals surface area contributed by atoms with Gasteiger partial charge in [-0.2, -0.15) is 5.10 Å². The van der Waals surface area contributed by atoms with Gasteiger partial charge in [-0.05, 0) is 0 Å². The van der Waals surface area contributed by atoms with Gasteiger partial charge in [0, 0.05) is 19.2 Å². The van der Waals surface area contributed by atoms with Crippen LogP contribution in [-0.4, -0.2) is 24.5 Å². The number of hydrogen-bond acceptors (Lipinski definition) is 4. The minimum Gasteiger partial charge on any atom is -0.326 e. The number of hydrogen-bond donors (Lipinski definition) is 1. The average molecular weight is 178 g/mol. The highest BCUT2D eigenvalue weighted by molar-refractivity contribution is 5.32. The van der Waals surface area contributed by atoms with Crippen molar-refractivity contribution in [3.05, 3.63) is 24.4 Å². The molecule has 68 valence electrons. The first kappa shape index (κ1) is 7.93. The van der Waals surface area contributed by atoms with E-state index >= 15 is 0 Å². The van der Waals surface area contributed by atoms with Gasteiger partial charge in [-0.3, -0.25) is 9.25 Å². The molecule has 0 amide bonds. The van der Waals surface area contributed by atoms with E-state index in [1.165, 1.54) is 0 Å². The van der Waals surface area contributed by atoms with E-state index in [1.807, 2.05) is 7.05 Å². The number of nitrogens with two attached hydrogens (primary N) is 1. The van der Waals surface area contributed by atoms with Crippen LogP contribution in [0.1, 0.15) is 5.56 Å². The van der Waals surface area contributed by atoms with E-state index in [9.17, 15) is 0 Å². The summed E-state index contributed by atoms with van der Waals surface area (Å²) in [5, 5.41) is 11.6. The second-order valence-corrected chi connectivity index (χ2v) is 2.69. The van der Waals surface area contributed by atoms with Crippen molar-refractivity contribution in [1.82, 2.24) is 24.5 Å². The molecular formula is C7H10N6. The van der Waals surface area contributed by atoms with Crippen molar-refractivity contribution in [2.45, 2.75) is 6.54 Å². The second kappa shape index (κ2) is 2.98. The summed E-state index contributed by atoms with van der Waals surface area (Å²) >= 11 is 0. The Morgan fingerprint density at radius 2 is 2.08 bits per heavy atom. The second-order valence-electron chi connectivity index (χ2n) is 2.69. The van der Waals surface area contributed by atoms with E-state index in [2.05, 4.69) is 15.3 Å². The molecule has 0 radical (unpaired) electrons. The van der Waals surface area contributed by atoms with Crippen molar-refractivity contribution in [1.29, 1.82) is 0 Å². The van der Waals surface area contributed by atoms with Crippen molar-refractivity contribution in [2.24, 2.45) is 12.8 Å². The number of aryl methyl sites for hydroxylation is 1. The molecule has 0 saturated carbocycles. The fourth-order valence-electron chi connectivity index (χ4n) is 1.26. The highest BCUT2D eigenvalue weighted by atomic mass is 15.4. The molecule has 0 atom stereocenters. The van der Waals surface area contributed by atoms with Gasteiger partial charge in [0.1, 0.15) is 18.5 Å². The van der Waals surface area contributed by atoms with Gasteiger partial charge >= 0.3 is 0 Å². The fourth-order valence-corrected chi connectivity index (χ4v) is 1.26. The zero-order valence-electron chi connectivity index (χ0n) is 7.25. The number of aromatic nitrogens is 5. The molecule has 2 heterocycles. The third kappa shape index (κ3) is 1.20. The monoisotopic (exact) mass is 178 g/mol. The van der Waals surface area contributed by atoms with Crippen LogP contribution < -0.4 is 5.73 Å². The molecule has 0 unspecified atom stereocenters. The maximum absolute atomic E-state index is 5.56. The Kier molecular flexibility index (Phi) is 1.82. The zero-order chi connectivity index (χ0) is 9.26. The van der Waals surface area contributed by atoms with Crippen LogP contribution >= 0.6 is 0 Å². The first-order chi connectivity index (χ1) is 6.33.